The third-order valence-corrected chi connectivity index (χ3v) is 5.56. The molecule has 0 atom stereocenters. The second-order valence-electron chi connectivity index (χ2n) is 9.27. The second-order valence-corrected chi connectivity index (χ2v) is 9.27. The van der Waals surface area contributed by atoms with Crippen LogP contribution in [-0.4, -0.2) is 39.4 Å². The molecule has 1 amide bonds. The molecule has 162 valence electrons. The number of fused-ring (bicyclic) bond motifs is 1. The summed E-state index contributed by atoms with van der Waals surface area (Å²) in [6.07, 6.45) is 4.61. The predicted molar refractivity (Wildman–Crippen MR) is 124 cm³/mol. The normalized spacial score (nSPS) is 14.6. The molecule has 31 heavy (non-hydrogen) atoms. The molecule has 5 heteroatoms. The van der Waals surface area contributed by atoms with Crippen LogP contribution in [0.3, 0.4) is 0 Å². The van der Waals surface area contributed by atoms with Crippen LogP contribution in [0.4, 0.5) is 4.79 Å². The Bertz CT molecular complexity index is 1130. The van der Waals surface area contributed by atoms with Crippen molar-refractivity contribution in [3.8, 4) is 5.88 Å². The number of ether oxygens (including phenoxy) is 1. The Hall–Kier alpha value is -3.21. The lowest BCUT2D eigenvalue weighted by molar-refractivity contribution is 0.0270. The highest BCUT2D eigenvalue weighted by Gasteiger charge is 2.24. The van der Waals surface area contributed by atoms with Gasteiger partial charge in [0.1, 0.15) is 5.60 Å². The number of rotatable bonds is 3. The summed E-state index contributed by atoms with van der Waals surface area (Å²) in [6.45, 7) is 9.52. The Morgan fingerprint density at radius 3 is 2.52 bits per heavy atom. The molecule has 0 unspecified atom stereocenters. The van der Waals surface area contributed by atoms with Crippen molar-refractivity contribution in [2.45, 2.75) is 46.3 Å². The third-order valence-electron chi connectivity index (χ3n) is 5.56. The maximum atomic E-state index is 12.3. The van der Waals surface area contributed by atoms with Crippen LogP contribution in [0.2, 0.25) is 0 Å². The van der Waals surface area contributed by atoms with Gasteiger partial charge in [-0.2, -0.15) is 0 Å². The molecule has 0 saturated carbocycles. The minimum Gasteiger partial charge on any atom is -0.494 e. The van der Waals surface area contributed by atoms with Crippen LogP contribution in [0, 0.1) is 6.92 Å². The number of hydrogen-bond donors (Lipinski definition) is 1. The molecule has 0 saturated heterocycles. The fourth-order valence-electron chi connectivity index (χ4n) is 3.89. The second kappa shape index (κ2) is 8.14. The van der Waals surface area contributed by atoms with E-state index in [2.05, 4.69) is 43.3 Å². The lowest BCUT2D eigenvalue weighted by atomic mass is 9.98. The standard InChI is InChI=1S/C26H30N2O3/c1-18-5-7-19(8-6-18)16-28-17-22-15-21(9-10-23(22)24(28)29)20-11-13-27(14-12-20)25(30)31-26(2,3)4/h5-11,15,17,29H,12-14,16H2,1-4H3. The van der Waals surface area contributed by atoms with E-state index in [-0.39, 0.29) is 12.0 Å². The van der Waals surface area contributed by atoms with E-state index in [0.717, 1.165) is 28.3 Å². The van der Waals surface area contributed by atoms with E-state index in [1.165, 1.54) is 11.1 Å². The van der Waals surface area contributed by atoms with Crippen LogP contribution in [0.1, 0.15) is 43.9 Å². The number of hydrogen-bond acceptors (Lipinski definition) is 3. The molecule has 1 aliphatic rings. The Balaban J connectivity index is 1.52. The molecule has 2 aromatic carbocycles. The summed E-state index contributed by atoms with van der Waals surface area (Å²) in [5.41, 5.74) is 4.23. The highest BCUT2D eigenvalue weighted by molar-refractivity contribution is 5.91. The van der Waals surface area contributed by atoms with Gasteiger partial charge < -0.3 is 19.3 Å². The van der Waals surface area contributed by atoms with Crippen LogP contribution in [0.5, 0.6) is 5.88 Å². The molecule has 1 aromatic heterocycles. The lowest BCUT2D eigenvalue weighted by Gasteiger charge is -2.29. The van der Waals surface area contributed by atoms with Crippen molar-refractivity contribution in [2.24, 2.45) is 0 Å². The highest BCUT2D eigenvalue weighted by atomic mass is 16.6. The Morgan fingerprint density at radius 1 is 1.13 bits per heavy atom. The van der Waals surface area contributed by atoms with Gasteiger partial charge in [0.05, 0.1) is 6.54 Å². The van der Waals surface area contributed by atoms with Crippen LogP contribution in [0.15, 0.2) is 54.7 Å². The number of carbonyl (C=O) groups excluding carboxylic acids is 1. The summed E-state index contributed by atoms with van der Waals surface area (Å²) >= 11 is 0. The van der Waals surface area contributed by atoms with Gasteiger partial charge in [0.25, 0.3) is 0 Å². The zero-order chi connectivity index (χ0) is 22.2. The minimum atomic E-state index is -0.486. The molecule has 3 aromatic rings. The molecule has 0 spiro atoms. The van der Waals surface area contributed by atoms with Crippen LogP contribution >= 0.6 is 0 Å². The molecule has 0 aliphatic carbocycles. The van der Waals surface area contributed by atoms with Crippen LogP contribution < -0.4 is 0 Å². The molecule has 0 fully saturated rings. The topological polar surface area (TPSA) is 54.7 Å². The smallest absolute Gasteiger partial charge is 0.410 e. The molecule has 5 nitrogen and oxygen atoms in total. The number of carbonyl (C=O) groups is 1. The SMILES string of the molecule is Cc1ccc(Cn2cc3cc(C4=CCN(C(=O)OC(C)(C)C)CC4)ccc3c2O)cc1. The fraction of sp³-hybridized carbons (Fsp3) is 0.346. The summed E-state index contributed by atoms with van der Waals surface area (Å²) in [6, 6.07) is 14.5. The van der Waals surface area contributed by atoms with Gasteiger partial charge in [-0.25, -0.2) is 4.79 Å². The van der Waals surface area contributed by atoms with Gasteiger partial charge >= 0.3 is 6.09 Å². The Morgan fingerprint density at radius 2 is 1.87 bits per heavy atom. The number of aromatic hydroxyl groups is 1. The summed E-state index contributed by atoms with van der Waals surface area (Å²) in [5, 5.41) is 12.5. The predicted octanol–water partition coefficient (Wildman–Crippen LogP) is 5.73. The molecule has 0 radical (unpaired) electrons. The third kappa shape index (κ3) is 4.76. The van der Waals surface area contributed by atoms with Gasteiger partial charge in [-0.15, -0.1) is 0 Å². The van der Waals surface area contributed by atoms with Crippen molar-refractivity contribution < 1.29 is 14.6 Å². The number of aromatic nitrogens is 1. The summed E-state index contributed by atoms with van der Waals surface area (Å²) < 4.78 is 7.36. The number of benzene rings is 2. The largest absolute Gasteiger partial charge is 0.494 e. The number of aryl methyl sites for hydroxylation is 1. The first kappa shape index (κ1) is 21.0. The molecular formula is C26H30N2O3. The van der Waals surface area contributed by atoms with E-state index >= 15 is 0 Å². The summed E-state index contributed by atoms with van der Waals surface area (Å²) in [5.74, 6) is 0.288. The van der Waals surface area contributed by atoms with Gasteiger partial charge in [0.15, 0.2) is 5.88 Å². The summed E-state index contributed by atoms with van der Waals surface area (Å²) in [7, 11) is 0. The Kier molecular flexibility index (Phi) is 5.52. The molecule has 1 aliphatic heterocycles. The zero-order valence-electron chi connectivity index (χ0n) is 18.7. The van der Waals surface area contributed by atoms with E-state index in [1.807, 2.05) is 43.7 Å². The van der Waals surface area contributed by atoms with Gasteiger partial charge in [-0.3, -0.25) is 0 Å². The first-order valence-corrected chi connectivity index (χ1v) is 10.7. The molecular weight excluding hydrogens is 388 g/mol. The van der Waals surface area contributed by atoms with Gasteiger partial charge in [-0.05, 0) is 62.9 Å². The van der Waals surface area contributed by atoms with Crippen molar-refractivity contribution in [1.29, 1.82) is 0 Å². The monoisotopic (exact) mass is 418 g/mol. The van der Waals surface area contributed by atoms with Crippen molar-refractivity contribution >= 4 is 22.4 Å². The maximum absolute atomic E-state index is 12.3. The highest BCUT2D eigenvalue weighted by Crippen LogP contribution is 2.32. The molecule has 0 bridgehead atoms. The quantitative estimate of drug-likeness (QED) is 0.591. The van der Waals surface area contributed by atoms with E-state index in [4.69, 9.17) is 4.74 Å². The zero-order valence-corrected chi connectivity index (χ0v) is 18.7. The van der Waals surface area contributed by atoms with E-state index in [1.54, 1.807) is 4.90 Å². The van der Waals surface area contributed by atoms with Crippen molar-refractivity contribution in [3.63, 3.8) is 0 Å². The van der Waals surface area contributed by atoms with Crippen LogP contribution in [0.25, 0.3) is 16.3 Å². The number of nitrogens with zero attached hydrogens (tertiary/aromatic N) is 2. The van der Waals surface area contributed by atoms with E-state index in [0.29, 0.717) is 19.6 Å². The molecule has 1 N–H and O–H groups in total. The van der Waals surface area contributed by atoms with Gasteiger partial charge in [0.2, 0.25) is 0 Å². The van der Waals surface area contributed by atoms with Crippen LogP contribution in [-0.2, 0) is 11.3 Å². The van der Waals surface area contributed by atoms with Gasteiger partial charge in [-0.1, -0.05) is 42.0 Å². The first-order chi connectivity index (χ1) is 14.7. The minimum absolute atomic E-state index is 0.267. The van der Waals surface area contributed by atoms with Crippen molar-refractivity contribution in [2.75, 3.05) is 13.1 Å². The van der Waals surface area contributed by atoms with Gasteiger partial charge in [0, 0.05) is 30.1 Å². The van der Waals surface area contributed by atoms with Crippen molar-refractivity contribution in [1.82, 2.24) is 9.47 Å². The maximum Gasteiger partial charge on any atom is 0.410 e. The Labute approximate surface area is 183 Å². The van der Waals surface area contributed by atoms with E-state index < -0.39 is 5.60 Å². The molecule has 2 heterocycles. The molecule has 4 rings (SSSR count). The summed E-state index contributed by atoms with van der Waals surface area (Å²) in [4.78, 5) is 14.0. The average molecular weight is 419 g/mol. The average Bonchev–Trinajstić information content (AvgIpc) is 3.03. The van der Waals surface area contributed by atoms with E-state index in [9.17, 15) is 9.90 Å². The van der Waals surface area contributed by atoms with Crippen molar-refractivity contribution in [3.05, 3.63) is 71.4 Å². The fourth-order valence-corrected chi connectivity index (χ4v) is 3.89. The lowest BCUT2D eigenvalue weighted by Crippen LogP contribution is -2.39. The first-order valence-electron chi connectivity index (χ1n) is 10.7. The number of amides is 1.